The molecule has 0 saturated heterocycles. The molecule has 6 heteroatoms. The molecule has 0 radical (unpaired) electrons. The van der Waals surface area contributed by atoms with Crippen LogP contribution in [0.4, 0.5) is 17.2 Å². The van der Waals surface area contributed by atoms with Crippen LogP contribution in [0.3, 0.4) is 0 Å². The third-order valence-corrected chi connectivity index (χ3v) is 4.03. The molecule has 5 nitrogen and oxygen atoms in total. The first-order valence-corrected chi connectivity index (χ1v) is 7.48. The second-order valence-corrected chi connectivity index (χ2v) is 5.77. The summed E-state index contributed by atoms with van der Waals surface area (Å²) in [6.45, 7) is 1.53. The van der Waals surface area contributed by atoms with Gasteiger partial charge in [0, 0.05) is 31.4 Å². The van der Waals surface area contributed by atoms with E-state index in [1.807, 2.05) is 19.2 Å². The van der Waals surface area contributed by atoms with E-state index in [1.54, 1.807) is 23.1 Å². The molecule has 1 aliphatic heterocycles. The van der Waals surface area contributed by atoms with E-state index >= 15 is 0 Å². The lowest BCUT2D eigenvalue weighted by atomic mass is 10.2. The molecule has 0 saturated carbocycles. The molecule has 1 amide bonds. The zero-order chi connectivity index (χ0) is 15.7. The van der Waals surface area contributed by atoms with Crippen LogP contribution in [-0.4, -0.2) is 31.0 Å². The van der Waals surface area contributed by atoms with Crippen molar-refractivity contribution in [2.75, 3.05) is 35.7 Å². The van der Waals surface area contributed by atoms with E-state index in [2.05, 4.69) is 9.88 Å². The first-order valence-electron chi connectivity index (χ1n) is 7.10. The second-order valence-electron chi connectivity index (χ2n) is 5.34. The predicted octanol–water partition coefficient (Wildman–Crippen LogP) is 2.80. The third kappa shape index (κ3) is 2.72. The first-order chi connectivity index (χ1) is 10.6. The minimum atomic E-state index is -0.0774. The highest BCUT2D eigenvalue weighted by Gasteiger charge is 2.24. The minimum Gasteiger partial charge on any atom is -0.384 e. The summed E-state index contributed by atoms with van der Waals surface area (Å²) in [5.74, 6) is 0.325. The van der Waals surface area contributed by atoms with Crippen molar-refractivity contribution in [2.45, 2.75) is 6.42 Å². The molecule has 0 atom stereocenters. The van der Waals surface area contributed by atoms with Crippen LogP contribution >= 0.6 is 11.6 Å². The molecule has 3 rings (SSSR count). The average molecular weight is 317 g/mol. The maximum atomic E-state index is 12.8. The van der Waals surface area contributed by atoms with Crippen LogP contribution < -0.4 is 15.5 Å². The van der Waals surface area contributed by atoms with Crippen LogP contribution in [0.15, 0.2) is 36.5 Å². The summed E-state index contributed by atoms with van der Waals surface area (Å²) in [6.07, 6.45) is 2.40. The van der Waals surface area contributed by atoms with Crippen LogP contribution in [-0.2, 0) is 0 Å². The topological polar surface area (TPSA) is 62.5 Å². The molecular formula is C16H17ClN4O. The summed E-state index contributed by atoms with van der Waals surface area (Å²) >= 11 is 6.10. The molecule has 114 valence electrons. The summed E-state index contributed by atoms with van der Waals surface area (Å²) in [5.41, 5.74) is 7.94. The van der Waals surface area contributed by atoms with E-state index in [9.17, 15) is 4.79 Å². The Balaban J connectivity index is 2.01. The van der Waals surface area contributed by atoms with Gasteiger partial charge in [-0.2, -0.15) is 0 Å². The Bertz CT molecular complexity index is 702. The van der Waals surface area contributed by atoms with Gasteiger partial charge in [0.15, 0.2) is 0 Å². The zero-order valence-corrected chi connectivity index (χ0v) is 13.0. The Hall–Kier alpha value is -2.27. The number of nitrogens with two attached hydrogens (primary N) is 1. The van der Waals surface area contributed by atoms with Crippen LogP contribution in [0.2, 0.25) is 5.02 Å². The quantitative estimate of drug-likeness (QED) is 0.878. The highest BCUT2D eigenvalue weighted by atomic mass is 35.5. The summed E-state index contributed by atoms with van der Waals surface area (Å²) < 4.78 is 0. The van der Waals surface area contributed by atoms with E-state index in [0.717, 1.165) is 24.3 Å². The van der Waals surface area contributed by atoms with Crippen molar-refractivity contribution in [1.82, 2.24) is 4.98 Å². The van der Waals surface area contributed by atoms with Crippen molar-refractivity contribution in [3.63, 3.8) is 0 Å². The lowest BCUT2D eigenvalue weighted by Gasteiger charge is -2.24. The predicted molar refractivity (Wildman–Crippen MR) is 89.7 cm³/mol. The molecule has 0 unspecified atom stereocenters. The normalized spacial score (nSPS) is 14.5. The Morgan fingerprint density at radius 2 is 2.05 bits per heavy atom. The number of hydrogen-bond donors (Lipinski definition) is 1. The van der Waals surface area contributed by atoms with E-state index < -0.39 is 0 Å². The lowest BCUT2D eigenvalue weighted by molar-refractivity contribution is 0.0987. The van der Waals surface area contributed by atoms with Gasteiger partial charge in [0.2, 0.25) is 0 Å². The summed E-state index contributed by atoms with van der Waals surface area (Å²) in [7, 11) is 2.01. The van der Waals surface area contributed by atoms with Crippen LogP contribution in [0.5, 0.6) is 0 Å². The maximum Gasteiger partial charge on any atom is 0.259 e. The molecule has 1 aliphatic rings. The fourth-order valence-electron chi connectivity index (χ4n) is 2.64. The standard InChI is InChI=1S/C16H17ClN4O/c1-20-7-2-8-21(13-5-4-12(17)9-14(13)20)16(22)11-3-6-15(18)19-10-11/h3-6,9-10H,2,7-8H2,1H3,(H2,18,19). The molecule has 22 heavy (non-hydrogen) atoms. The number of rotatable bonds is 1. The number of hydrogen-bond acceptors (Lipinski definition) is 4. The minimum absolute atomic E-state index is 0.0774. The van der Waals surface area contributed by atoms with Gasteiger partial charge >= 0.3 is 0 Å². The van der Waals surface area contributed by atoms with Crippen LogP contribution in [0.25, 0.3) is 0 Å². The van der Waals surface area contributed by atoms with Gasteiger partial charge in [-0.1, -0.05) is 11.6 Å². The van der Waals surface area contributed by atoms with Gasteiger partial charge in [0.05, 0.1) is 16.9 Å². The summed E-state index contributed by atoms with van der Waals surface area (Å²) in [6, 6.07) is 8.93. The van der Waals surface area contributed by atoms with Crippen LogP contribution in [0.1, 0.15) is 16.8 Å². The Kier molecular flexibility index (Phi) is 3.90. The molecule has 0 aliphatic carbocycles. The monoisotopic (exact) mass is 316 g/mol. The number of fused-ring (bicyclic) bond motifs is 1. The average Bonchev–Trinajstić information content (AvgIpc) is 2.67. The highest BCUT2D eigenvalue weighted by Crippen LogP contribution is 2.34. The van der Waals surface area contributed by atoms with Gasteiger partial charge in [-0.3, -0.25) is 4.79 Å². The number of anilines is 3. The van der Waals surface area contributed by atoms with Crippen molar-refractivity contribution in [2.24, 2.45) is 0 Å². The maximum absolute atomic E-state index is 12.8. The molecular weight excluding hydrogens is 300 g/mol. The van der Waals surface area contributed by atoms with Crippen molar-refractivity contribution >= 4 is 34.7 Å². The molecule has 0 fully saturated rings. The SMILES string of the molecule is CN1CCCN(C(=O)c2ccc(N)nc2)c2ccc(Cl)cc21. The van der Waals surface area contributed by atoms with E-state index in [0.29, 0.717) is 22.9 Å². The third-order valence-electron chi connectivity index (χ3n) is 3.79. The molecule has 1 aromatic carbocycles. The smallest absolute Gasteiger partial charge is 0.259 e. The van der Waals surface area contributed by atoms with Crippen molar-refractivity contribution in [3.05, 3.63) is 47.1 Å². The number of aromatic nitrogens is 1. The van der Waals surface area contributed by atoms with Crippen LogP contribution in [0, 0.1) is 0 Å². The largest absolute Gasteiger partial charge is 0.384 e. The molecule has 0 spiro atoms. The lowest BCUT2D eigenvalue weighted by Crippen LogP contribution is -2.31. The molecule has 2 heterocycles. The Labute approximate surface area is 134 Å². The first kappa shape index (κ1) is 14.7. The van der Waals surface area contributed by atoms with E-state index in [4.69, 9.17) is 17.3 Å². The molecule has 1 aromatic heterocycles. The number of nitrogen functional groups attached to an aromatic ring is 1. The Morgan fingerprint density at radius 1 is 1.23 bits per heavy atom. The van der Waals surface area contributed by atoms with E-state index in [1.165, 1.54) is 6.20 Å². The van der Waals surface area contributed by atoms with Gasteiger partial charge in [0.25, 0.3) is 5.91 Å². The number of carbonyl (C=O) groups excluding carboxylic acids is 1. The fraction of sp³-hybridized carbons (Fsp3) is 0.250. The number of benzene rings is 1. The molecule has 2 N–H and O–H groups in total. The van der Waals surface area contributed by atoms with Gasteiger partial charge in [-0.05, 0) is 36.8 Å². The molecule has 2 aromatic rings. The summed E-state index contributed by atoms with van der Waals surface area (Å²) in [4.78, 5) is 20.7. The van der Waals surface area contributed by atoms with Crippen molar-refractivity contribution in [3.8, 4) is 0 Å². The number of pyridine rings is 1. The van der Waals surface area contributed by atoms with Gasteiger partial charge in [-0.15, -0.1) is 0 Å². The van der Waals surface area contributed by atoms with Gasteiger partial charge in [-0.25, -0.2) is 4.98 Å². The number of nitrogens with zero attached hydrogens (tertiary/aromatic N) is 3. The fourth-order valence-corrected chi connectivity index (χ4v) is 2.80. The zero-order valence-electron chi connectivity index (χ0n) is 12.3. The number of amides is 1. The van der Waals surface area contributed by atoms with Crippen molar-refractivity contribution < 1.29 is 4.79 Å². The highest BCUT2D eigenvalue weighted by molar-refractivity contribution is 6.31. The van der Waals surface area contributed by atoms with E-state index in [-0.39, 0.29) is 5.91 Å². The second kappa shape index (κ2) is 5.85. The number of carbonyl (C=O) groups is 1. The molecule has 0 bridgehead atoms. The van der Waals surface area contributed by atoms with Crippen molar-refractivity contribution in [1.29, 1.82) is 0 Å². The number of halogens is 1. The Morgan fingerprint density at radius 3 is 2.77 bits per heavy atom. The van der Waals surface area contributed by atoms with Gasteiger partial charge < -0.3 is 15.5 Å². The van der Waals surface area contributed by atoms with Gasteiger partial charge in [0.1, 0.15) is 5.82 Å². The summed E-state index contributed by atoms with van der Waals surface area (Å²) in [5, 5.41) is 0.661.